The Morgan fingerprint density at radius 1 is 1.35 bits per heavy atom. The van der Waals surface area contributed by atoms with Gasteiger partial charge in [-0.3, -0.25) is 0 Å². The van der Waals surface area contributed by atoms with E-state index in [1.165, 1.54) is 17.2 Å². The highest BCUT2D eigenvalue weighted by Crippen LogP contribution is 2.16. The molecular formula is C10H13N5O2. The summed E-state index contributed by atoms with van der Waals surface area (Å²) >= 11 is 0. The fourth-order valence-electron chi connectivity index (χ4n) is 1.30. The summed E-state index contributed by atoms with van der Waals surface area (Å²) in [5, 5.41) is 0. The molecule has 2 heterocycles. The number of nitrogens with zero attached hydrogens (tertiary/aromatic N) is 4. The van der Waals surface area contributed by atoms with Gasteiger partial charge in [0.15, 0.2) is 17.0 Å². The minimum Gasteiger partial charge on any atom is -0.443 e. The Kier molecular flexibility index (Phi) is 2.45. The van der Waals surface area contributed by atoms with Gasteiger partial charge in [-0.25, -0.2) is 24.3 Å². The topological polar surface area (TPSA) is 95.9 Å². The van der Waals surface area contributed by atoms with Gasteiger partial charge in [0.05, 0.1) is 0 Å². The van der Waals surface area contributed by atoms with Crippen LogP contribution in [0, 0.1) is 0 Å². The Labute approximate surface area is 97.6 Å². The molecule has 0 fully saturated rings. The van der Waals surface area contributed by atoms with Gasteiger partial charge in [0.1, 0.15) is 18.3 Å². The molecule has 0 spiro atoms. The van der Waals surface area contributed by atoms with Crippen LogP contribution in [-0.4, -0.2) is 31.2 Å². The van der Waals surface area contributed by atoms with E-state index in [-0.39, 0.29) is 5.82 Å². The van der Waals surface area contributed by atoms with Crippen LogP contribution in [0.5, 0.6) is 0 Å². The fourth-order valence-corrected chi connectivity index (χ4v) is 1.30. The molecule has 2 N–H and O–H groups in total. The number of nitrogen functional groups attached to an aromatic ring is 1. The van der Waals surface area contributed by atoms with Crippen molar-refractivity contribution in [2.45, 2.75) is 26.4 Å². The molecule has 0 aliphatic rings. The Morgan fingerprint density at radius 2 is 2.06 bits per heavy atom. The molecule has 0 aliphatic carbocycles. The lowest BCUT2D eigenvalue weighted by Crippen LogP contribution is -2.26. The minimum atomic E-state index is -0.577. The molecule has 90 valence electrons. The van der Waals surface area contributed by atoms with Crippen LogP contribution in [0.2, 0.25) is 0 Å². The molecule has 17 heavy (non-hydrogen) atoms. The van der Waals surface area contributed by atoms with Gasteiger partial charge in [-0.1, -0.05) is 0 Å². The number of anilines is 1. The molecule has 2 rings (SSSR count). The normalized spacial score (nSPS) is 11.7. The predicted octanol–water partition coefficient (Wildman–Crippen LogP) is 1.19. The number of ether oxygens (including phenoxy) is 1. The molecule has 0 saturated heterocycles. The summed E-state index contributed by atoms with van der Waals surface area (Å²) in [5.41, 5.74) is 5.77. The van der Waals surface area contributed by atoms with Gasteiger partial charge in [-0.2, -0.15) is 0 Å². The lowest BCUT2D eigenvalue weighted by molar-refractivity contribution is 0.0543. The maximum Gasteiger partial charge on any atom is 0.421 e. The molecule has 0 radical (unpaired) electrons. The van der Waals surface area contributed by atoms with E-state index < -0.39 is 11.7 Å². The van der Waals surface area contributed by atoms with E-state index in [0.717, 1.165) is 0 Å². The Balaban J connectivity index is 2.43. The zero-order valence-electron chi connectivity index (χ0n) is 9.84. The van der Waals surface area contributed by atoms with Crippen molar-refractivity contribution in [3.05, 3.63) is 12.7 Å². The average molecular weight is 235 g/mol. The number of aromatic nitrogens is 4. The van der Waals surface area contributed by atoms with Gasteiger partial charge in [0.2, 0.25) is 0 Å². The molecule has 0 aromatic carbocycles. The molecule has 7 nitrogen and oxygen atoms in total. The first-order valence-corrected chi connectivity index (χ1v) is 5.05. The number of hydrogen-bond donors (Lipinski definition) is 1. The van der Waals surface area contributed by atoms with Crippen molar-refractivity contribution in [1.82, 2.24) is 19.5 Å². The summed E-state index contributed by atoms with van der Waals surface area (Å²) in [4.78, 5) is 23.6. The van der Waals surface area contributed by atoms with Gasteiger partial charge in [-0.05, 0) is 20.8 Å². The van der Waals surface area contributed by atoms with Crippen LogP contribution in [0.15, 0.2) is 12.7 Å². The number of carbonyl (C=O) groups excluding carboxylic acids is 1. The fraction of sp³-hybridized carbons (Fsp3) is 0.400. The van der Waals surface area contributed by atoms with Gasteiger partial charge in [0.25, 0.3) is 0 Å². The average Bonchev–Trinajstić information content (AvgIpc) is 2.60. The minimum absolute atomic E-state index is 0.234. The molecular weight excluding hydrogens is 222 g/mol. The number of fused-ring (bicyclic) bond motifs is 1. The zero-order chi connectivity index (χ0) is 12.6. The summed E-state index contributed by atoms with van der Waals surface area (Å²) in [7, 11) is 0. The van der Waals surface area contributed by atoms with E-state index in [4.69, 9.17) is 10.5 Å². The molecule has 0 atom stereocenters. The number of hydrogen-bond acceptors (Lipinski definition) is 6. The van der Waals surface area contributed by atoms with Gasteiger partial charge in [-0.15, -0.1) is 0 Å². The molecule has 0 bridgehead atoms. The Morgan fingerprint density at radius 3 is 2.71 bits per heavy atom. The van der Waals surface area contributed by atoms with Crippen molar-refractivity contribution in [1.29, 1.82) is 0 Å². The highest BCUT2D eigenvalue weighted by Gasteiger charge is 2.20. The zero-order valence-corrected chi connectivity index (χ0v) is 9.84. The molecule has 0 aliphatic heterocycles. The highest BCUT2D eigenvalue weighted by atomic mass is 16.6. The third kappa shape index (κ3) is 2.17. The van der Waals surface area contributed by atoms with E-state index in [2.05, 4.69) is 15.0 Å². The summed E-state index contributed by atoms with van der Waals surface area (Å²) < 4.78 is 6.42. The van der Waals surface area contributed by atoms with Gasteiger partial charge >= 0.3 is 6.09 Å². The van der Waals surface area contributed by atoms with Crippen molar-refractivity contribution in [2.24, 2.45) is 0 Å². The van der Waals surface area contributed by atoms with Crippen molar-refractivity contribution in [2.75, 3.05) is 5.73 Å². The van der Waals surface area contributed by atoms with Crippen LogP contribution < -0.4 is 5.73 Å². The van der Waals surface area contributed by atoms with Crippen LogP contribution >= 0.6 is 0 Å². The first kappa shape index (κ1) is 11.3. The third-order valence-electron chi connectivity index (χ3n) is 1.95. The van der Waals surface area contributed by atoms with Crippen molar-refractivity contribution in [3.63, 3.8) is 0 Å². The molecule has 2 aromatic heterocycles. The molecule has 2 aromatic rings. The Bertz CT molecular complexity index is 570. The maximum absolute atomic E-state index is 11.8. The smallest absolute Gasteiger partial charge is 0.421 e. The monoisotopic (exact) mass is 235 g/mol. The second-order valence-corrected chi connectivity index (χ2v) is 4.53. The number of imidazole rings is 1. The Hall–Kier alpha value is -2.18. The van der Waals surface area contributed by atoms with Gasteiger partial charge < -0.3 is 10.5 Å². The molecule has 7 heteroatoms. The SMILES string of the molecule is CC(C)(C)OC(=O)n1cnc2c(N)ncnc21. The number of nitrogens with two attached hydrogens (primary N) is 1. The summed E-state index contributed by atoms with van der Waals surface area (Å²) in [5.74, 6) is 0.234. The first-order chi connectivity index (χ1) is 7.88. The number of rotatable bonds is 0. The van der Waals surface area contributed by atoms with Crippen LogP contribution in [0.3, 0.4) is 0 Å². The summed E-state index contributed by atoms with van der Waals surface area (Å²) in [6.07, 6.45) is 2.06. The van der Waals surface area contributed by atoms with Crippen LogP contribution in [0.1, 0.15) is 20.8 Å². The van der Waals surface area contributed by atoms with Gasteiger partial charge in [0, 0.05) is 0 Å². The van der Waals surface area contributed by atoms with Crippen molar-refractivity contribution >= 4 is 23.1 Å². The van der Waals surface area contributed by atoms with E-state index in [0.29, 0.717) is 11.2 Å². The lowest BCUT2D eigenvalue weighted by Gasteiger charge is -2.19. The summed E-state index contributed by atoms with van der Waals surface area (Å²) in [6.45, 7) is 5.36. The van der Waals surface area contributed by atoms with E-state index in [1.807, 2.05) is 0 Å². The van der Waals surface area contributed by atoms with Crippen LogP contribution in [0.4, 0.5) is 10.6 Å². The number of carbonyl (C=O) groups is 1. The van der Waals surface area contributed by atoms with Crippen LogP contribution in [-0.2, 0) is 4.74 Å². The van der Waals surface area contributed by atoms with Crippen molar-refractivity contribution < 1.29 is 9.53 Å². The molecule has 0 unspecified atom stereocenters. The summed E-state index contributed by atoms with van der Waals surface area (Å²) in [6, 6.07) is 0. The molecule has 0 saturated carbocycles. The van der Waals surface area contributed by atoms with Crippen molar-refractivity contribution in [3.8, 4) is 0 Å². The second kappa shape index (κ2) is 3.69. The quantitative estimate of drug-likeness (QED) is 0.736. The largest absolute Gasteiger partial charge is 0.443 e. The maximum atomic E-state index is 11.8. The van der Waals surface area contributed by atoms with E-state index >= 15 is 0 Å². The first-order valence-electron chi connectivity index (χ1n) is 5.05. The van der Waals surface area contributed by atoms with E-state index in [9.17, 15) is 4.79 Å². The molecule has 0 amide bonds. The third-order valence-corrected chi connectivity index (χ3v) is 1.95. The lowest BCUT2D eigenvalue weighted by atomic mass is 10.2. The highest BCUT2D eigenvalue weighted by molar-refractivity contribution is 5.88. The standard InChI is InChI=1S/C10H13N5O2/c1-10(2,3)17-9(16)15-5-14-6-7(11)12-4-13-8(6)15/h4-5H,1-3H3,(H2,11,12,13). The second-order valence-electron chi connectivity index (χ2n) is 4.53. The van der Waals surface area contributed by atoms with Crippen LogP contribution in [0.25, 0.3) is 11.2 Å². The van der Waals surface area contributed by atoms with E-state index in [1.54, 1.807) is 20.8 Å². The predicted molar refractivity (Wildman–Crippen MR) is 61.4 cm³/mol.